The number of allylic oxidation sites excluding steroid dienone is 4. The summed E-state index contributed by atoms with van der Waals surface area (Å²) in [6.07, 6.45) is 14.5. The Labute approximate surface area is 146 Å². The van der Waals surface area contributed by atoms with Gasteiger partial charge in [-0.2, -0.15) is 0 Å². The third-order valence-corrected chi connectivity index (χ3v) is 5.18. The lowest BCUT2D eigenvalue weighted by Crippen LogP contribution is -2.17. The first-order valence-electron chi connectivity index (χ1n) is 8.40. The number of hydrogen-bond acceptors (Lipinski definition) is 5. The van der Waals surface area contributed by atoms with E-state index in [1.54, 1.807) is 11.8 Å². The molecule has 1 aliphatic carbocycles. The number of hydrogen-bond donors (Lipinski definition) is 1. The van der Waals surface area contributed by atoms with Crippen molar-refractivity contribution in [2.45, 2.75) is 49.0 Å². The minimum atomic E-state index is 0.0699. The summed E-state index contributed by atoms with van der Waals surface area (Å²) in [6.45, 7) is 0. The second kappa shape index (κ2) is 8.73. The van der Waals surface area contributed by atoms with Gasteiger partial charge in [0.15, 0.2) is 5.58 Å². The summed E-state index contributed by atoms with van der Waals surface area (Å²) in [5.74, 6) is 0. The summed E-state index contributed by atoms with van der Waals surface area (Å²) in [7, 11) is 0. The van der Waals surface area contributed by atoms with E-state index in [1.165, 1.54) is 0 Å². The van der Waals surface area contributed by atoms with Crippen LogP contribution in [0.25, 0.3) is 11.1 Å². The number of oxime groups is 1. The van der Waals surface area contributed by atoms with Gasteiger partial charge in [0.05, 0.1) is 11.0 Å². The first-order valence-corrected chi connectivity index (χ1v) is 9.28. The maximum Gasteiger partial charge on any atom is 0.257 e. The van der Waals surface area contributed by atoms with Gasteiger partial charge in [-0.3, -0.25) is 0 Å². The molecule has 0 saturated carbocycles. The van der Waals surface area contributed by atoms with Gasteiger partial charge in [-0.15, -0.1) is 0 Å². The molecule has 5 heteroatoms. The van der Waals surface area contributed by atoms with Gasteiger partial charge in [-0.1, -0.05) is 53.4 Å². The Hall–Kier alpha value is -2.01. The molecular weight excluding hydrogens is 320 g/mol. The molecule has 0 radical (unpaired) electrons. The molecule has 0 fully saturated rings. The Morgan fingerprint density at radius 3 is 2.58 bits per heavy atom. The van der Waals surface area contributed by atoms with Crippen LogP contribution in [0.5, 0.6) is 0 Å². The minimum Gasteiger partial charge on any atom is -0.431 e. The van der Waals surface area contributed by atoms with Crippen LogP contribution in [-0.4, -0.2) is 21.2 Å². The molecule has 1 unspecified atom stereocenters. The zero-order chi connectivity index (χ0) is 16.6. The van der Waals surface area contributed by atoms with Crippen LogP contribution in [0.3, 0.4) is 0 Å². The van der Waals surface area contributed by atoms with Crippen molar-refractivity contribution >= 4 is 28.6 Å². The number of benzene rings is 1. The topological polar surface area (TPSA) is 58.6 Å². The Kier molecular flexibility index (Phi) is 6.13. The van der Waals surface area contributed by atoms with Gasteiger partial charge >= 0.3 is 0 Å². The lowest BCUT2D eigenvalue weighted by molar-refractivity contribution is 0.316. The highest BCUT2D eigenvalue weighted by molar-refractivity contribution is 8.00. The lowest BCUT2D eigenvalue weighted by Gasteiger charge is -2.15. The van der Waals surface area contributed by atoms with Crippen LogP contribution in [0.2, 0.25) is 0 Å². The van der Waals surface area contributed by atoms with E-state index in [1.807, 2.05) is 24.3 Å². The summed E-state index contributed by atoms with van der Waals surface area (Å²) in [4.78, 5) is 4.53. The number of nitrogens with zero attached hydrogens (tertiary/aromatic N) is 2. The van der Waals surface area contributed by atoms with E-state index in [9.17, 15) is 5.21 Å². The molecule has 4 nitrogen and oxygen atoms in total. The van der Waals surface area contributed by atoms with Crippen LogP contribution in [0, 0.1) is 0 Å². The van der Waals surface area contributed by atoms with E-state index in [0.29, 0.717) is 5.22 Å². The molecule has 1 heterocycles. The molecule has 1 atom stereocenters. The standard InChI is InChI=1S/C19H22N2O2S/c22-21-16-12-7-5-3-1-2-4-6-8-14-18(16)24-19-20-15-11-9-10-13-17(15)23-19/h3-6,9-11,13,18,22H,1-2,7-8,12,14H2. The fourth-order valence-electron chi connectivity index (χ4n) is 2.73. The van der Waals surface area contributed by atoms with E-state index in [-0.39, 0.29) is 5.25 Å². The summed E-state index contributed by atoms with van der Waals surface area (Å²) in [6, 6.07) is 7.75. The van der Waals surface area contributed by atoms with Crippen molar-refractivity contribution in [2.24, 2.45) is 5.16 Å². The summed E-state index contributed by atoms with van der Waals surface area (Å²) < 4.78 is 5.82. The van der Waals surface area contributed by atoms with Crippen molar-refractivity contribution in [3.05, 3.63) is 48.6 Å². The van der Waals surface area contributed by atoms with Crippen LogP contribution in [0.4, 0.5) is 0 Å². The van der Waals surface area contributed by atoms with Crippen LogP contribution in [0.1, 0.15) is 38.5 Å². The predicted octanol–water partition coefficient (Wildman–Crippen LogP) is 5.59. The molecule has 1 N–H and O–H groups in total. The third-order valence-electron chi connectivity index (χ3n) is 4.01. The second-order valence-corrected chi connectivity index (χ2v) is 6.94. The third kappa shape index (κ3) is 4.51. The van der Waals surface area contributed by atoms with Crippen LogP contribution in [-0.2, 0) is 0 Å². The van der Waals surface area contributed by atoms with E-state index in [0.717, 1.165) is 55.3 Å². The number of para-hydroxylation sites is 2. The van der Waals surface area contributed by atoms with E-state index in [2.05, 4.69) is 34.4 Å². The van der Waals surface area contributed by atoms with Crippen LogP contribution >= 0.6 is 11.8 Å². The normalized spacial score (nSPS) is 21.7. The first kappa shape index (κ1) is 16.8. The highest BCUT2D eigenvalue weighted by Gasteiger charge is 2.20. The van der Waals surface area contributed by atoms with Gasteiger partial charge in [0.25, 0.3) is 5.22 Å². The van der Waals surface area contributed by atoms with E-state index < -0.39 is 0 Å². The molecule has 2 aromatic rings. The SMILES string of the molecule is ON=C1CCC=CCCC=CCCC1Sc1nc2ccccc2o1. The monoisotopic (exact) mass is 342 g/mol. The zero-order valence-corrected chi connectivity index (χ0v) is 14.4. The smallest absolute Gasteiger partial charge is 0.257 e. The lowest BCUT2D eigenvalue weighted by atomic mass is 10.1. The Morgan fingerprint density at radius 1 is 1.04 bits per heavy atom. The summed E-state index contributed by atoms with van der Waals surface area (Å²) in [5, 5.41) is 13.7. The number of oxazole rings is 1. The fraction of sp³-hybridized carbons (Fsp3) is 0.368. The molecule has 126 valence electrons. The summed E-state index contributed by atoms with van der Waals surface area (Å²) in [5.41, 5.74) is 2.46. The van der Waals surface area contributed by atoms with Crippen molar-refractivity contribution in [2.75, 3.05) is 0 Å². The van der Waals surface area contributed by atoms with Gasteiger partial charge in [0.2, 0.25) is 0 Å². The van der Waals surface area contributed by atoms with Gasteiger partial charge < -0.3 is 9.62 Å². The maximum atomic E-state index is 9.47. The Balaban J connectivity index is 1.77. The van der Waals surface area contributed by atoms with Gasteiger partial charge in [-0.25, -0.2) is 4.98 Å². The first-order chi connectivity index (χ1) is 11.9. The van der Waals surface area contributed by atoms with Crippen molar-refractivity contribution in [3.8, 4) is 0 Å². The van der Waals surface area contributed by atoms with Gasteiger partial charge in [0, 0.05) is 0 Å². The molecule has 0 bridgehead atoms. The predicted molar refractivity (Wildman–Crippen MR) is 98.9 cm³/mol. The highest BCUT2D eigenvalue weighted by atomic mass is 32.2. The van der Waals surface area contributed by atoms with Crippen LogP contribution in [0.15, 0.2) is 63.4 Å². The van der Waals surface area contributed by atoms with Crippen molar-refractivity contribution in [3.63, 3.8) is 0 Å². The second-order valence-electron chi connectivity index (χ2n) is 5.78. The van der Waals surface area contributed by atoms with Crippen molar-refractivity contribution < 1.29 is 9.62 Å². The van der Waals surface area contributed by atoms with Crippen molar-refractivity contribution in [1.82, 2.24) is 4.98 Å². The maximum absolute atomic E-state index is 9.47. The molecule has 0 spiro atoms. The summed E-state index contributed by atoms with van der Waals surface area (Å²) >= 11 is 1.55. The van der Waals surface area contributed by atoms with Crippen LogP contribution < -0.4 is 0 Å². The quantitative estimate of drug-likeness (QED) is 0.439. The number of aromatic nitrogens is 1. The van der Waals surface area contributed by atoms with E-state index in [4.69, 9.17) is 4.42 Å². The van der Waals surface area contributed by atoms with Gasteiger partial charge in [0.1, 0.15) is 5.52 Å². The Bertz CT molecular complexity index is 716. The van der Waals surface area contributed by atoms with E-state index >= 15 is 0 Å². The molecule has 0 amide bonds. The average molecular weight is 342 g/mol. The molecule has 0 saturated heterocycles. The average Bonchev–Trinajstić information content (AvgIpc) is 3.00. The molecule has 3 rings (SSSR count). The molecule has 1 aromatic carbocycles. The zero-order valence-electron chi connectivity index (χ0n) is 13.6. The number of rotatable bonds is 2. The number of fused-ring (bicyclic) bond motifs is 1. The fourth-order valence-corrected chi connectivity index (χ4v) is 3.82. The van der Waals surface area contributed by atoms with Gasteiger partial charge in [-0.05, 0) is 50.7 Å². The molecule has 0 aliphatic heterocycles. The molecule has 24 heavy (non-hydrogen) atoms. The molecule has 1 aromatic heterocycles. The largest absolute Gasteiger partial charge is 0.431 e. The van der Waals surface area contributed by atoms with Crippen molar-refractivity contribution in [1.29, 1.82) is 0 Å². The number of thioether (sulfide) groups is 1. The Morgan fingerprint density at radius 2 is 1.79 bits per heavy atom. The minimum absolute atomic E-state index is 0.0699. The highest BCUT2D eigenvalue weighted by Crippen LogP contribution is 2.31. The molecular formula is C19H22N2O2S. The molecule has 1 aliphatic rings.